The van der Waals surface area contributed by atoms with E-state index in [1.165, 1.54) is 0 Å². The second-order valence-corrected chi connectivity index (χ2v) is 7.36. The summed E-state index contributed by atoms with van der Waals surface area (Å²) in [6.07, 6.45) is -15.9. The van der Waals surface area contributed by atoms with Gasteiger partial charge in [0.1, 0.15) is 0 Å². The van der Waals surface area contributed by atoms with E-state index < -0.39 is 67.5 Å². The maximum absolute atomic E-state index is 13.4. The van der Waals surface area contributed by atoms with Crippen molar-refractivity contribution >= 4 is 7.82 Å². The number of hydrogen-bond donors (Lipinski definition) is 2. The molecule has 0 saturated heterocycles. The molecule has 0 saturated carbocycles. The van der Waals surface area contributed by atoms with Crippen LogP contribution >= 0.6 is 7.82 Å². The van der Waals surface area contributed by atoms with Crippen LogP contribution in [0.4, 0.5) is 92.2 Å². The summed E-state index contributed by atoms with van der Waals surface area (Å²) in [6.45, 7) is 0. The first-order chi connectivity index (χ1) is 15.0. The maximum Gasteiger partial charge on any atom is 0.474 e. The quantitative estimate of drug-likeness (QED) is 0.223. The third kappa shape index (κ3) is 4.46. The Kier molecular flexibility index (Phi) is 8.00. The summed E-state index contributed by atoms with van der Waals surface area (Å²) in [6, 6.07) is 0. The second-order valence-electron chi connectivity index (χ2n) is 6.19. The minimum atomic E-state index is -9.35. The van der Waals surface area contributed by atoms with E-state index in [9.17, 15) is 96.8 Å². The third-order valence-corrected chi connectivity index (χ3v) is 4.18. The minimum absolute atomic E-state index is 1.62. The van der Waals surface area contributed by atoms with Crippen LogP contribution in [0, 0.1) is 0 Å². The van der Waals surface area contributed by atoms with Crippen LogP contribution < -0.4 is 0 Å². The summed E-state index contributed by atoms with van der Waals surface area (Å²) in [4.78, 5) is 15.7. The molecule has 0 unspecified atom stereocenters. The van der Waals surface area contributed by atoms with E-state index in [0.29, 0.717) is 0 Å². The highest BCUT2D eigenvalue weighted by Crippen LogP contribution is 2.66. The highest BCUT2D eigenvalue weighted by atomic mass is 31.2. The Morgan fingerprint density at radius 1 is 0.389 bits per heavy atom. The summed E-state index contributed by atoms with van der Waals surface area (Å²) >= 11 is 0. The smallest absolute Gasteiger partial charge is 0.303 e. The SMILES string of the molecule is O=P(O)(O)OC(F)(F)C(F)(F)C(F)(F)C(F)(F)C(F)(F)C(F)(F)C(F)(F)C(F)(F)C(F)(F)C(F)(F)F. The standard InChI is InChI=1S/C10H2F21O4P/c11-1(12,3(15,16)5(19,20)7(23,24)9(27,28)29)2(13,14)4(17,18)6(21,22)8(25,26)10(30,31)35-36(32,33)34/h(H2,32,33,34). The Labute approximate surface area is 180 Å². The number of halogens is 21. The summed E-state index contributed by atoms with van der Waals surface area (Å²) < 4.78 is 283. The average Bonchev–Trinajstić information content (AvgIpc) is 2.57. The van der Waals surface area contributed by atoms with Crippen LogP contribution in [-0.2, 0) is 9.09 Å². The molecule has 0 aromatic heterocycles. The van der Waals surface area contributed by atoms with E-state index in [2.05, 4.69) is 0 Å². The van der Waals surface area contributed by atoms with Crippen molar-refractivity contribution in [3.05, 3.63) is 0 Å². The molecule has 0 aromatic rings. The summed E-state index contributed by atoms with van der Waals surface area (Å²) in [7, 11) is -7.21. The lowest BCUT2D eigenvalue weighted by Gasteiger charge is -2.44. The van der Waals surface area contributed by atoms with E-state index in [0.717, 1.165) is 0 Å². The molecule has 0 aliphatic rings. The largest absolute Gasteiger partial charge is 0.474 e. The maximum atomic E-state index is 13.4. The van der Waals surface area contributed by atoms with Gasteiger partial charge in [0, 0.05) is 0 Å². The molecule has 36 heavy (non-hydrogen) atoms. The highest BCUT2D eigenvalue weighted by Gasteiger charge is 2.98. The molecule has 0 aromatic carbocycles. The molecule has 0 aliphatic heterocycles. The van der Waals surface area contributed by atoms with Crippen LogP contribution in [0.1, 0.15) is 0 Å². The molecule has 0 heterocycles. The molecular formula is C10H2F21O4P. The van der Waals surface area contributed by atoms with Gasteiger partial charge >= 0.3 is 67.5 Å². The van der Waals surface area contributed by atoms with Crippen LogP contribution in [-0.4, -0.2) is 69.5 Å². The normalized spacial score (nSPS) is 17.0. The van der Waals surface area contributed by atoms with Gasteiger partial charge in [-0.15, -0.1) is 0 Å². The van der Waals surface area contributed by atoms with Crippen LogP contribution in [0.2, 0.25) is 0 Å². The predicted octanol–water partition coefficient (Wildman–Crippen LogP) is 6.33. The highest BCUT2D eigenvalue weighted by molar-refractivity contribution is 7.46. The van der Waals surface area contributed by atoms with Gasteiger partial charge in [0.25, 0.3) is 0 Å². The monoisotopic (exact) mass is 616 g/mol. The van der Waals surface area contributed by atoms with E-state index in [4.69, 9.17) is 9.79 Å². The third-order valence-electron chi connectivity index (χ3n) is 3.72. The first-order valence-electron chi connectivity index (χ1n) is 7.19. The second kappa shape index (κ2) is 8.32. The van der Waals surface area contributed by atoms with Crippen LogP contribution in [0.25, 0.3) is 0 Å². The van der Waals surface area contributed by atoms with E-state index in [-0.39, 0.29) is 0 Å². The first-order valence-corrected chi connectivity index (χ1v) is 8.72. The summed E-state index contributed by atoms with van der Waals surface area (Å²) in [5.74, 6) is -72.2. The van der Waals surface area contributed by atoms with E-state index in [1.807, 2.05) is 0 Å². The molecule has 26 heteroatoms. The molecule has 2 N–H and O–H groups in total. The zero-order valence-electron chi connectivity index (χ0n) is 15.1. The topological polar surface area (TPSA) is 66.8 Å². The molecule has 0 rings (SSSR count). The summed E-state index contributed by atoms with van der Waals surface area (Å²) in [5, 5.41) is 0. The van der Waals surface area contributed by atoms with Gasteiger partial charge in [-0.05, 0) is 0 Å². The lowest BCUT2D eigenvalue weighted by Crippen LogP contribution is -2.76. The Morgan fingerprint density at radius 3 is 0.778 bits per heavy atom. The Morgan fingerprint density at radius 2 is 0.583 bits per heavy atom. The number of phosphoric ester groups is 1. The lowest BCUT2D eigenvalue weighted by molar-refractivity contribution is -0.481. The molecule has 0 spiro atoms. The van der Waals surface area contributed by atoms with Crippen molar-refractivity contribution in [2.45, 2.75) is 59.7 Å². The molecule has 0 fully saturated rings. The van der Waals surface area contributed by atoms with Gasteiger partial charge in [0.05, 0.1) is 0 Å². The van der Waals surface area contributed by atoms with E-state index >= 15 is 0 Å². The number of phosphoric acid groups is 1. The molecule has 0 aliphatic carbocycles. The van der Waals surface area contributed by atoms with Crippen LogP contribution in [0.5, 0.6) is 0 Å². The predicted molar refractivity (Wildman–Crippen MR) is 63.7 cm³/mol. The van der Waals surface area contributed by atoms with Crippen molar-refractivity contribution < 1.29 is 111 Å². The Bertz CT molecular complexity index is 868. The number of rotatable bonds is 10. The van der Waals surface area contributed by atoms with Crippen molar-refractivity contribution in [2.75, 3.05) is 0 Å². The molecule has 0 radical (unpaired) electrons. The fourth-order valence-corrected chi connectivity index (χ4v) is 2.16. The Hall–Kier alpha value is -1.36. The molecule has 0 amide bonds. The zero-order chi connectivity index (χ0) is 30.2. The zero-order valence-corrected chi connectivity index (χ0v) is 16.0. The van der Waals surface area contributed by atoms with Gasteiger partial charge in [-0.1, -0.05) is 0 Å². The molecule has 0 atom stereocenters. The molecule has 0 bridgehead atoms. The van der Waals surface area contributed by atoms with Gasteiger partial charge in [-0.2, -0.15) is 92.2 Å². The van der Waals surface area contributed by atoms with Crippen molar-refractivity contribution in [1.82, 2.24) is 0 Å². The number of alkyl halides is 21. The van der Waals surface area contributed by atoms with Gasteiger partial charge in [0.2, 0.25) is 0 Å². The average molecular weight is 616 g/mol. The Balaban J connectivity index is 7.09. The van der Waals surface area contributed by atoms with Crippen LogP contribution in [0.3, 0.4) is 0 Å². The van der Waals surface area contributed by atoms with Crippen molar-refractivity contribution in [3.63, 3.8) is 0 Å². The van der Waals surface area contributed by atoms with E-state index in [1.54, 1.807) is 4.52 Å². The molecule has 4 nitrogen and oxygen atoms in total. The van der Waals surface area contributed by atoms with Gasteiger partial charge in [0.15, 0.2) is 0 Å². The molecular weight excluding hydrogens is 614 g/mol. The van der Waals surface area contributed by atoms with Crippen molar-refractivity contribution in [1.29, 1.82) is 0 Å². The van der Waals surface area contributed by atoms with Crippen molar-refractivity contribution in [2.24, 2.45) is 0 Å². The first kappa shape index (κ1) is 34.6. The van der Waals surface area contributed by atoms with Gasteiger partial charge < -0.3 is 9.79 Å². The fourth-order valence-electron chi connectivity index (χ4n) is 1.75. The van der Waals surface area contributed by atoms with Crippen LogP contribution in [0.15, 0.2) is 0 Å². The molecule has 218 valence electrons. The summed E-state index contributed by atoms with van der Waals surface area (Å²) in [5.41, 5.74) is 0. The van der Waals surface area contributed by atoms with Gasteiger partial charge in [-0.3, -0.25) is 0 Å². The van der Waals surface area contributed by atoms with Crippen molar-refractivity contribution in [3.8, 4) is 0 Å². The minimum Gasteiger partial charge on any atom is -0.303 e. The fraction of sp³-hybridized carbons (Fsp3) is 1.00. The van der Waals surface area contributed by atoms with Gasteiger partial charge in [-0.25, -0.2) is 9.09 Å². The number of hydrogen-bond acceptors (Lipinski definition) is 2. The lowest BCUT2D eigenvalue weighted by atomic mass is 9.87.